The first-order valence-corrected chi connectivity index (χ1v) is 3.33. The van der Waals surface area contributed by atoms with Gasteiger partial charge in [0.1, 0.15) is 11.5 Å². The molecule has 4 heteroatoms. The van der Waals surface area contributed by atoms with E-state index in [1.807, 2.05) is 0 Å². The first-order valence-electron chi connectivity index (χ1n) is 3.33. The zero-order chi connectivity index (χ0) is 8.27. The Morgan fingerprint density at radius 1 is 1.91 bits per heavy atom. The molecular formula is C7H10N2O2. The molecule has 0 amide bonds. The van der Waals surface area contributed by atoms with Crippen molar-refractivity contribution in [2.24, 2.45) is 5.73 Å². The van der Waals surface area contributed by atoms with Crippen molar-refractivity contribution in [1.82, 2.24) is 4.98 Å². The minimum absolute atomic E-state index is 0.0404. The molecule has 1 unspecified atom stereocenters. The average Bonchev–Trinajstić information content (AvgIpc) is 2.39. The molecule has 0 spiro atoms. The van der Waals surface area contributed by atoms with Gasteiger partial charge in [-0.25, -0.2) is 4.98 Å². The quantitative estimate of drug-likeness (QED) is 0.672. The molecule has 0 aliphatic heterocycles. The number of carbonyl (C=O) groups excluding carboxylic acids is 1. The zero-order valence-electron chi connectivity index (χ0n) is 6.28. The number of Topliss-reactive ketones (excluding diaryl/α,β-unsaturated/α-hetero) is 1. The number of aromatic nitrogens is 1. The number of nitrogens with two attached hydrogens (primary N) is 1. The van der Waals surface area contributed by atoms with Gasteiger partial charge in [0.25, 0.3) is 0 Å². The van der Waals surface area contributed by atoms with E-state index in [1.165, 1.54) is 13.3 Å². The molecule has 2 N–H and O–H groups in total. The third kappa shape index (κ3) is 2.16. The largest absolute Gasteiger partial charge is 0.448 e. The average molecular weight is 154 g/mol. The third-order valence-electron chi connectivity index (χ3n) is 1.43. The maximum Gasteiger partial charge on any atom is 0.180 e. The van der Waals surface area contributed by atoms with E-state index in [9.17, 15) is 4.79 Å². The van der Waals surface area contributed by atoms with Crippen LogP contribution in [0.2, 0.25) is 0 Å². The normalized spacial score (nSPS) is 12.9. The van der Waals surface area contributed by atoms with Crippen LogP contribution in [0.25, 0.3) is 0 Å². The molecule has 4 nitrogen and oxygen atoms in total. The van der Waals surface area contributed by atoms with Crippen LogP contribution in [0.3, 0.4) is 0 Å². The summed E-state index contributed by atoms with van der Waals surface area (Å²) < 4.78 is 4.91. The van der Waals surface area contributed by atoms with Gasteiger partial charge in [-0.05, 0) is 6.92 Å². The molecule has 1 aromatic rings. The Hall–Kier alpha value is -1.16. The van der Waals surface area contributed by atoms with E-state index in [4.69, 9.17) is 10.2 Å². The van der Waals surface area contributed by atoms with Gasteiger partial charge >= 0.3 is 0 Å². The SMILES string of the molecule is CC(=O)C(N)Cc1cnco1. The Morgan fingerprint density at radius 3 is 3.09 bits per heavy atom. The summed E-state index contributed by atoms with van der Waals surface area (Å²) in [6.45, 7) is 1.46. The zero-order valence-corrected chi connectivity index (χ0v) is 6.28. The monoisotopic (exact) mass is 154 g/mol. The molecule has 0 aliphatic carbocycles. The highest BCUT2D eigenvalue weighted by molar-refractivity contribution is 5.81. The first kappa shape index (κ1) is 7.94. The maximum atomic E-state index is 10.7. The number of ketones is 1. The van der Waals surface area contributed by atoms with Gasteiger partial charge in [-0.1, -0.05) is 0 Å². The van der Waals surface area contributed by atoms with Crippen LogP contribution in [0.5, 0.6) is 0 Å². The maximum absolute atomic E-state index is 10.7. The smallest absolute Gasteiger partial charge is 0.180 e. The molecule has 1 heterocycles. The molecule has 0 aliphatic rings. The molecule has 0 aromatic carbocycles. The number of nitrogens with zero attached hydrogens (tertiary/aromatic N) is 1. The molecule has 0 radical (unpaired) electrons. The standard InChI is InChI=1S/C7H10N2O2/c1-5(10)7(8)2-6-3-9-4-11-6/h3-4,7H,2,8H2,1H3. The van der Waals surface area contributed by atoms with Gasteiger partial charge in [-0.2, -0.15) is 0 Å². The fourth-order valence-electron chi connectivity index (χ4n) is 0.703. The first-order chi connectivity index (χ1) is 5.20. The van der Waals surface area contributed by atoms with E-state index in [-0.39, 0.29) is 5.78 Å². The summed E-state index contributed by atoms with van der Waals surface area (Å²) in [5, 5.41) is 0. The summed E-state index contributed by atoms with van der Waals surface area (Å²) in [5.74, 6) is 0.606. The van der Waals surface area contributed by atoms with E-state index in [2.05, 4.69) is 4.98 Å². The van der Waals surface area contributed by atoms with Crippen molar-refractivity contribution >= 4 is 5.78 Å². The Kier molecular flexibility index (Phi) is 2.38. The van der Waals surface area contributed by atoms with Gasteiger partial charge in [0.15, 0.2) is 6.39 Å². The number of hydrogen-bond donors (Lipinski definition) is 1. The van der Waals surface area contributed by atoms with Crippen LogP contribution in [-0.2, 0) is 11.2 Å². The van der Waals surface area contributed by atoms with Crippen LogP contribution in [-0.4, -0.2) is 16.8 Å². The molecule has 0 saturated heterocycles. The number of rotatable bonds is 3. The minimum atomic E-state index is -0.469. The summed E-state index contributed by atoms with van der Waals surface area (Å²) in [4.78, 5) is 14.4. The van der Waals surface area contributed by atoms with Gasteiger partial charge in [0, 0.05) is 6.42 Å². The Labute approximate surface area is 64.4 Å². The van der Waals surface area contributed by atoms with Crippen LogP contribution in [0.1, 0.15) is 12.7 Å². The van der Waals surface area contributed by atoms with Gasteiger partial charge in [0.2, 0.25) is 0 Å². The van der Waals surface area contributed by atoms with Crippen LogP contribution < -0.4 is 5.73 Å². The van der Waals surface area contributed by atoms with Gasteiger partial charge in [-0.15, -0.1) is 0 Å². The van der Waals surface area contributed by atoms with E-state index in [0.29, 0.717) is 12.2 Å². The van der Waals surface area contributed by atoms with E-state index >= 15 is 0 Å². The molecule has 60 valence electrons. The van der Waals surface area contributed by atoms with Crippen LogP contribution in [0.4, 0.5) is 0 Å². The van der Waals surface area contributed by atoms with E-state index < -0.39 is 6.04 Å². The number of oxazole rings is 1. The second-order valence-electron chi connectivity index (χ2n) is 2.39. The molecular weight excluding hydrogens is 144 g/mol. The number of hydrogen-bond acceptors (Lipinski definition) is 4. The van der Waals surface area contributed by atoms with Crippen molar-refractivity contribution in [2.45, 2.75) is 19.4 Å². The molecule has 1 rings (SSSR count). The van der Waals surface area contributed by atoms with Crippen molar-refractivity contribution in [3.63, 3.8) is 0 Å². The fraction of sp³-hybridized carbons (Fsp3) is 0.429. The van der Waals surface area contributed by atoms with Crippen molar-refractivity contribution in [1.29, 1.82) is 0 Å². The third-order valence-corrected chi connectivity index (χ3v) is 1.43. The highest BCUT2D eigenvalue weighted by atomic mass is 16.3. The highest BCUT2D eigenvalue weighted by Crippen LogP contribution is 2.00. The molecule has 1 atom stereocenters. The Bertz CT molecular complexity index is 231. The fourth-order valence-corrected chi connectivity index (χ4v) is 0.703. The van der Waals surface area contributed by atoms with Crippen molar-refractivity contribution in [3.8, 4) is 0 Å². The molecule has 11 heavy (non-hydrogen) atoms. The second-order valence-corrected chi connectivity index (χ2v) is 2.39. The minimum Gasteiger partial charge on any atom is -0.448 e. The van der Waals surface area contributed by atoms with Gasteiger partial charge < -0.3 is 10.2 Å². The van der Waals surface area contributed by atoms with Crippen molar-refractivity contribution in [3.05, 3.63) is 18.4 Å². The summed E-state index contributed by atoms with van der Waals surface area (Å²) in [6.07, 6.45) is 3.31. The Morgan fingerprint density at radius 2 is 2.64 bits per heavy atom. The van der Waals surface area contributed by atoms with Crippen LogP contribution >= 0.6 is 0 Å². The van der Waals surface area contributed by atoms with E-state index in [0.717, 1.165) is 0 Å². The van der Waals surface area contributed by atoms with Crippen molar-refractivity contribution in [2.75, 3.05) is 0 Å². The predicted molar refractivity (Wildman–Crippen MR) is 38.9 cm³/mol. The summed E-state index contributed by atoms with van der Waals surface area (Å²) in [5.41, 5.74) is 5.47. The van der Waals surface area contributed by atoms with Crippen LogP contribution in [0.15, 0.2) is 17.0 Å². The van der Waals surface area contributed by atoms with Gasteiger partial charge in [-0.3, -0.25) is 4.79 Å². The lowest BCUT2D eigenvalue weighted by molar-refractivity contribution is -0.118. The molecule has 0 fully saturated rings. The number of carbonyl (C=O) groups is 1. The van der Waals surface area contributed by atoms with Crippen molar-refractivity contribution < 1.29 is 9.21 Å². The molecule has 0 bridgehead atoms. The van der Waals surface area contributed by atoms with E-state index in [1.54, 1.807) is 6.20 Å². The molecule has 0 saturated carbocycles. The summed E-state index contributed by atoms with van der Waals surface area (Å²) in [6, 6.07) is -0.469. The lowest BCUT2D eigenvalue weighted by atomic mass is 10.1. The Balaban J connectivity index is 2.50. The van der Waals surface area contributed by atoms with Crippen LogP contribution in [0, 0.1) is 0 Å². The topological polar surface area (TPSA) is 69.1 Å². The lowest BCUT2D eigenvalue weighted by Gasteiger charge is -2.02. The highest BCUT2D eigenvalue weighted by Gasteiger charge is 2.10. The lowest BCUT2D eigenvalue weighted by Crippen LogP contribution is -2.30. The summed E-state index contributed by atoms with van der Waals surface area (Å²) in [7, 11) is 0. The molecule has 1 aromatic heterocycles. The summed E-state index contributed by atoms with van der Waals surface area (Å²) >= 11 is 0. The van der Waals surface area contributed by atoms with Gasteiger partial charge in [0.05, 0.1) is 12.2 Å². The predicted octanol–water partition coefficient (Wildman–Crippen LogP) is 0.133. The second kappa shape index (κ2) is 3.30.